The maximum Gasteiger partial charge on any atom is 0.324 e. The normalized spacial score (nSPS) is 15.2. The van der Waals surface area contributed by atoms with E-state index in [2.05, 4.69) is 20.9 Å². The number of ether oxygens (including phenoxy) is 1. The van der Waals surface area contributed by atoms with Gasteiger partial charge in [0.25, 0.3) is 0 Å². The van der Waals surface area contributed by atoms with E-state index in [-0.39, 0.29) is 18.5 Å². The predicted octanol–water partition coefficient (Wildman–Crippen LogP) is -0.0900. The molecule has 8 heteroatoms. The van der Waals surface area contributed by atoms with Gasteiger partial charge in [0.05, 0.1) is 6.54 Å². The quantitative estimate of drug-likeness (QED) is 0.227. The van der Waals surface area contributed by atoms with E-state index in [0.717, 1.165) is 32.6 Å². The maximum absolute atomic E-state index is 11.4. The number of hydrogen-bond donors (Lipinski definition) is 3. The molecule has 1 saturated heterocycles. The van der Waals surface area contributed by atoms with Crippen molar-refractivity contribution in [2.24, 2.45) is 4.99 Å². The van der Waals surface area contributed by atoms with Crippen LogP contribution in [-0.2, 0) is 9.53 Å². The lowest BCUT2D eigenvalue weighted by atomic mass is 10.3. The van der Waals surface area contributed by atoms with Crippen molar-refractivity contribution in [2.75, 3.05) is 45.9 Å². The third-order valence-corrected chi connectivity index (χ3v) is 3.08. The van der Waals surface area contributed by atoms with Crippen molar-refractivity contribution in [3.05, 3.63) is 0 Å². The fourth-order valence-electron chi connectivity index (χ4n) is 1.96. The summed E-state index contributed by atoms with van der Waals surface area (Å²) in [6, 6.07) is -0.329. The molecule has 0 aromatic heterocycles. The molecule has 0 atom stereocenters. The second-order valence-electron chi connectivity index (χ2n) is 4.80. The summed E-state index contributed by atoms with van der Waals surface area (Å²) in [6.45, 7) is 7.86. The van der Waals surface area contributed by atoms with Gasteiger partial charge in [0, 0.05) is 39.4 Å². The smallest absolute Gasteiger partial charge is 0.324 e. The molecule has 1 fully saturated rings. The monoisotopic (exact) mass is 313 g/mol. The number of aliphatic imine (C=N–C) groups is 1. The van der Waals surface area contributed by atoms with Gasteiger partial charge in [0.15, 0.2) is 5.96 Å². The molecule has 0 radical (unpaired) electrons. The zero-order valence-corrected chi connectivity index (χ0v) is 13.5. The van der Waals surface area contributed by atoms with Gasteiger partial charge in [-0.25, -0.2) is 4.79 Å². The van der Waals surface area contributed by atoms with Crippen LogP contribution in [0.2, 0.25) is 0 Å². The number of nitrogens with zero attached hydrogens (tertiary/aromatic N) is 2. The van der Waals surface area contributed by atoms with Crippen molar-refractivity contribution in [3.63, 3.8) is 0 Å². The predicted molar refractivity (Wildman–Crippen MR) is 84.8 cm³/mol. The number of guanidine groups is 1. The molecule has 1 aliphatic rings. The Labute approximate surface area is 131 Å². The van der Waals surface area contributed by atoms with Gasteiger partial charge in [0.2, 0.25) is 5.91 Å². The first kappa shape index (κ1) is 18.2. The molecule has 0 bridgehead atoms. The molecule has 8 nitrogen and oxygen atoms in total. The lowest BCUT2D eigenvalue weighted by molar-refractivity contribution is -0.124. The molecule has 0 aromatic rings. The molecule has 126 valence electrons. The number of urea groups is 1. The van der Waals surface area contributed by atoms with Gasteiger partial charge in [-0.3, -0.25) is 14.7 Å². The van der Waals surface area contributed by atoms with Gasteiger partial charge in [-0.1, -0.05) is 0 Å². The molecule has 1 aliphatic heterocycles. The van der Waals surface area contributed by atoms with Crippen LogP contribution in [-0.4, -0.2) is 68.7 Å². The number of imide groups is 1. The molecule has 0 aromatic carbocycles. The summed E-state index contributed by atoms with van der Waals surface area (Å²) in [6.07, 6.45) is 1.95. The minimum Gasteiger partial charge on any atom is -0.382 e. The van der Waals surface area contributed by atoms with E-state index >= 15 is 0 Å². The molecular weight excluding hydrogens is 286 g/mol. The Hall–Kier alpha value is -1.83. The third kappa shape index (κ3) is 6.75. The SMILES string of the molecule is CCNC(=NCCCCOCC)NCCN1C(=O)CNC1=O. The molecule has 1 heterocycles. The molecule has 1 rings (SSSR count). The summed E-state index contributed by atoms with van der Waals surface area (Å²) in [5.74, 6) is 0.510. The molecule has 0 unspecified atom stereocenters. The Morgan fingerprint density at radius 2 is 2.14 bits per heavy atom. The molecule has 0 aliphatic carbocycles. The first-order valence-corrected chi connectivity index (χ1v) is 7.87. The van der Waals surface area contributed by atoms with Gasteiger partial charge in [-0.2, -0.15) is 0 Å². The highest BCUT2D eigenvalue weighted by Crippen LogP contribution is 1.97. The average molecular weight is 313 g/mol. The van der Waals surface area contributed by atoms with E-state index in [1.807, 2.05) is 13.8 Å². The van der Waals surface area contributed by atoms with Crippen LogP contribution in [0.25, 0.3) is 0 Å². The summed E-state index contributed by atoms with van der Waals surface area (Å²) in [4.78, 5) is 28.5. The highest BCUT2D eigenvalue weighted by Gasteiger charge is 2.27. The largest absolute Gasteiger partial charge is 0.382 e. The molecule has 22 heavy (non-hydrogen) atoms. The summed E-state index contributed by atoms with van der Waals surface area (Å²) in [7, 11) is 0. The summed E-state index contributed by atoms with van der Waals surface area (Å²) in [5.41, 5.74) is 0. The first-order valence-electron chi connectivity index (χ1n) is 7.87. The van der Waals surface area contributed by atoms with Crippen molar-refractivity contribution in [1.29, 1.82) is 0 Å². The van der Waals surface area contributed by atoms with E-state index in [0.29, 0.717) is 25.6 Å². The van der Waals surface area contributed by atoms with Gasteiger partial charge >= 0.3 is 6.03 Å². The van der Waals surface area contributed by atoms with Gasteiger partial charge in [0.1, 0.15) is 0 Å². The molecule has 0 saturated carbocycles. The van der Waals surface area contributed by atoms with Crippen LogP contribution in [0.5, 0.6) is 0 Å². The summed E-state index contributed by atoms with van der Waals surface area (Å²) < 4.78 is 5.28. The average Bonchev–Trinajstić information content (AvgIpc) is 2.82. The van der Waals surface area contributed by atoms with E-state index < -0.39 is 0 Å². The van der Waals surface area contributed by atoms with E-state index in [1.165, 1.54) is 4.90 Å². The number of rotatable bonds is 10. The first-order chi connectivity index (χ1) is 10.7. The summed E-state index contributed by atoms with van der Waals surface area (Å²) in [5, 5.41) is 8.75. The minimum absolute atomic E-state index is 0.0901. The van der Waals surface area contributed by atoms with Crippen molar-refractivity contribution < 1.29 is 14.3 Å². The van der Waals surface area contributed by atoms with Crippen molar-refractivity contribution in [3.8, 4) is 0 Å². The molecular formula is C14H27N5O3. The lowest BCUT2D eigenvalue weighted by Gasteiger charge is -2.15. The Bertz CT molecular complexity index is 371. The third-order valence-electron chi connectivity index (χ3n) is 3.08. The summed E-state index contributed by atoms with van der Waals surface area (Å²) >= 11 is 0. The van der Waals surface area contributed by atoms with Crippen LogP contribution in [0.15, 0.2) is 4.99 Å². The standard InChI is InChI=1S/C14H27N5O3/c1-3-15-13(16-7-5-6-10-22-4-2)17-8-9-19-12(20)11-18-14(19)21/h3-11H2,1-2H3,(H,18,21)(H2,15,16,17). The van der Waals surface area contributed by atoms with Crippen LogP contribution >= 0.6 is 0 Å². The highest BCUT2D eigenvalue weighted by atomic mass is 16.5. The fourth-order valence-corrected chi connectivity index (χ4v) is 1.96. The second kappa shape index (κ2) is 10.8. The number of carbonyl (C=O) groups excluding carboxylic acids is 2. The minimum atomic E-state index is -0.329. The van der Waals surface area contributed by atoms with Crippen LogP contribution in [0.1, 0.15) is 26.7 Å². The zero-order valence-electron chi connectivity index (χ0n) is 13.5. The number of hydrogen-bond acceptors (Lipinski definition) is 4. The van der Waals surface area contributed by atoms with Crippen LogP contribution in [0.4, 0.5) is 4.79 Å². The number of nitrogens with one attached hydrogen (secondary N) is 3. The Morgan fingerprint density at radius 1 is 1.32 bits per heavy atom. The van der Waals surface area contributed by atoms with Crippen molar-refractivity contribution >= 4 is 17.9 Å². The number of carbonyl (C=O) groups is 2. The van der Waals surface area contributed by atoms with Crippen molar-refractivity contribution in [1.82, 2.24) is 20.9 Å². The lowest BCUT2D eigenvalue weighted by Crippen LogP contribution is -2.43. The van der Waals surface area contributed by atoms with Gasteiger partial charge in [-0.05, 0) is 26.7 Å². The van der Waals surface area contributed by atoms with Crippen LogP contribution < -0.4 is 16.0 Å². The highest BCUT2D eigenvalue weighted by molar-refractivity contribution is 6.01. The Morgan fingerprint density at radius 3 is 2.77 bits per heavy atom. The van der Waals surface area contributed by atoms with Crippen LogP contribution in [0.3, 0.4) is 0 Å². The second-order valence-corrected chi connectivity index (χ2v) is 4.80. The number of unbranched alkanes of at least 4 members (excludes halogenated alkanes) is 1. The van der Waals surface area contributed by atoms with E-state index in [1.54, 1.807) is 0 Å². The molecule has 3 N–H and O–H groups in total. The Balaban J connectivity index is 2.24. The maximum atomic E-state index is 11.4. The van der Waals surface area contributed by atoms with E-state index in [9.17, 15) is 9.59 Å². The van der Waals surface area contributed by atoms with Crippen molar-refractivity contribution in [2.45, 2.75) is 26.7 Å². The number of amides is 3. The van der Waals surface area contributed by atoms with Gasteiger partial charge in [-0.15, -0.1) is 0 Å². The van der Waals surface area contributed by atoms with E-state index in [4.69, 9.17) is 4.74 Å². The fraction of sp³-hybridized carbons (Fsp3) is 0.786. The zero-order chi connectivity index (χ0) is 16.2. The Kier molecular flexibility index (Phi) is 8.97. The van der Waals surface area contributed by atoms with Crippen LogP contribution in [0, 0.1) is 0 Å². The topological polar surface area (TPSA) is 95.1 Å². The van der Waals surface area contributed by atoms with Gasteiger partial charge < -0.3 is 20.7 Å². The molecule has 0 spiro atoms. The molecule has 3 amide bonds.